The van der Waals surface area contributed by atoms with Crippen LogP contribution in [0.25, 0.3) is 11.4 Å². The van der Waals surface area contributed by atoms with Crippen molar-refractivity contribution in [2.75, 3.05) is 17.8 Å². The number of nitrogens with one attached hydrogen (secondary N) is 2. The minimum absolute atomic E-state index is 0.133. The van der Waals surface area contributed by atoms with E-state index in [9.17, 15) is 13.5 Å². The molecule has 3 aromatic heterocycles. The van der Waals surface area contributed by atoms with Crippen molar-refractivity contribution in [1.82, 2.24) is 20.4 Å². The summed E-state index contributed by atoms with van der Waals surface area (Å²) < 4.78 is 33.8. The third kappa shape index (κ3) is 7.15. The molecule has 200 valence electrons. The molecule has 0 bridgehead atoms. The van der Waals surface area contributed by atoms with Gasteiger partial charge in [0.05, 0.1) is 17.4 Å². The molecule has 11 heteroatoms. The van der Waals surface area contributed by atoms with Gasteiger partial charge in [-0.05, 0) is 83.4 Å². The minimum atomic E-state index is -3.77. The third-order valence-corrected chi connectivity index (χ3v) is 8.16. The van der Waals surface area contributed by atoms with E-state index in [4.69, 9.17) is 4.52 Å². The Morgan fingerprint density at radius 2 is 1.82 bits per heavy atom. The summed E-state index contributed by atoms with van der Waals surface area (Å²) in [5.74, 6) is 0.914. The lowest BCUT2D eigenvalue weighted by Crippen LogP contribution is -2.23. The van der Waals surface area contributed by atoms with Crippen molar-refractivity contribution < 1.29 is 18.0 Å². The van der Waals surface area contributed by atoms with Gasteiger partial charge >= 0.3 is 0 Å². The summed E-state index contributed by atoms with van der Waals surface area (Å²) in [6, 6.07) is 19.2. The van der Waals surface area contributed by atoms with Crippen LogP contribution in [0, 0.1) is 0 Å². The van der Waals surface area contributed by atoms with E-state index in [1.807, 2.05) is 35.0 Å². The molecule has 0 saturated heterocycles. The Kier molecular flexibility index (Phi) is 8.42. The molecule has 39 heavy (non-hydrogen) atoms. The highest BCUT2D eigenvalue weighted by molar-refractivity contribution is 7.92. The molecule has 3 heterocycles. The predicted octanol–water partition coefficient (Wildman–Crippen LogP) is 4.45. The highest BCUT2D eigenvalue weighted by Gasteiger charge is 2.16. The number of hydrogen-bond acceptors (Lipinski definition) is 9. The zero-order chi connectivity index (χ0) is 27.1. The molecule has 3 N–H and O–H groups in total. The number of rotatable bonds is 12. The van der Waals surface area contributed by atoms with Crippen molar-refractivity contribution in [3.63, 3.8) is 0 Å². The zero-order valence-electron chi connectivity index (χ0n) is 20.9. The lowest BCUT2D eigenvalue weighted by Gasteiger charge is -2.12. The summed E-state index contributed by atoms with van der Waals surface area (Å²) >= 11 is 1.61. The molecule has 0 radical (unpaired) electrons. The number of hydrogen-bond donors (Lipinski definition) is 3. The molecule has 1 atom stereocenters. The Labute approximate surface area is 230 Å². The van der Waals surface area contributed by atoms with Gasteiger partial charge in [-0.2, -0.15) is 16.3 Å². The van der Waals surface area contributed by atoms with Gasteiger partial charge < -0.3 is 14.9 Å². The van der Waals surface area contributed by atoms with Crippen LogP contribution in [0.1, 0.15) is 28.7 Å². The molecule has 0 spiro atoms. The number of aliphatic hydroxyl groups excluding tert-OH is 1. The maximum atomic E-state index is 12.9. The van der Waals surface area contributed by atoms with Crippen molar-refractivity contribution in [3.05, 3.63) is 112 Å². The average molecular weight is 562 g/mol. The zero-order valence-corrected chi connectivity index (χ0v) is 22.5. The van der Waals surface area contributed by atoms with E-state index in [2.05, 4.69) is 25.2 Å². The Morgan fingerprint density at radius 1 is 1.00 bits per heavy atom. The van der Waals surface area contributed by atoms with Gasteiger partial charge in [0.15, 0.2) is 0 Å². The summed E-state index contributed by atoms with van der Waals surface area (Å²) in [6.45, 7) is 1.09. The van der Waals surface area contributed by atoms with E-state index in [1.54, 1.807) is 54.1 Å². The molecule has 0 amide bonds. The lowest BCUT2D eigenvalue weighted by molar-refractivity contribution is 0.174. The summed E-state index contributed by atoms with van der Waals surface area (Å²) in [7, 11) is -3.77. The molecule has 0 aliphatic heterocycles. The highest BCUT2D eigenvalue weighted by Crippen LogP contribution is 2.22. The SMILES string of the molecule is O=S(=O)(Nc1ccc(CCNCC(O)c2cccnc2)cc1)c1ccc(-c2noc(Cc3ccsc3)n2)cc1. The molecule has 5 rings (SSSR count). The van der Waals surface area contributed by atoms with E-state index in [-0.39, 0.29) is 4.90 Å². The molecular formula is C28H27N5O4S2. The van der Waals surface area contributed by atoms with Crippen molar-refractivity contribution in [2.45, 2.75) is 23.8 Å². The van der Waals surface area contributed by atoms with Crippen LogP contribution >= 0.6 is 11.3 Å². The van der Waals surface area contributed by atoms with Gasteiger partial charge in [-0.1, -0.05) is 23.4 Å². The normalized spacial score (nSPS) is 12.3. The summed E-state index contributed by atoms with van der Waals surface area (Å²) in [5, 5.41) is 21.5. The van der Waals surface area contributed by atoms with Crippen molar-refractivity contribution >= 4 is 27.0 Å². The first-order chi connectivity index (χ1) is 19.0. The number of aliphatic hydroxyl groups is 1. The Bertz CT molecular complexity index is 1570. The molecule has 0 aliphatic rings. The number of sulfonamides is 1. The summed E-state index contributed by atoms with van der Waals surface area (Å²) in [6.07, 6.45) is 3.99. The van der Waals surface area contributed by atoms with Gasteiger partial charge in [-0.25, -0.2) is 8.42 Å². The second-order valence-corrected chi connectivity index (χ2v) is 11.4. The number of nitrogens with zero attached hydrogens (tertiary/aromatic N) is 3. The standard InChI is InChI=1S/C28H27N5O4S2/c34-26(23-2-1-13-29-17-23)18-30-14-11-20-3-7-24(8-4-20)33-39(35,36)25-9-5-22(6-10-25)28-31-27(37-32-28)16-21-12-15-38-19-21/h1-10,12-13,15,17,19,26,30,33-34H,11,14,16,18H2. The first-order valence-corrected chi connectivity index (χ1v) is 14.7. The highest BCUT2D eigenvalue weighted by atomic mass is 32.2. The van der Waals surface area contributed by atoms with Crippen LogP contribution in [0.3, 0.4) is 0 Å². The Hall–Kier alpha value is -3.90. The van der Waals surface area contributed by atoms with Crippen LogP contribution < -0.4 is 10.0 Å². The maximum Gasteiger partial charge on any atom is 0.261 e. The smallest absolute Gasteiger partial charge is 0.261 e. The van der Waals surface area contributed by atoms with Crippen molar-refractivity contribution in [1.29, 1.82) is 0 Å². The van der Waals surface area contributed by atoms with E-state index in [0.29, 0.717) is 42.5 Å². The third-order valence-electron chi connectivity index (χ3n) is 6.03. The maximum absolute atomic E-state index is 12.9. The fraction of sp³-hybridized carbons (Fsp3) is 0.179. The first kappa shape index (κ1) is 26.7. The van der Waals surface area contributed by atoms with Gasteiger partial charge in [0, 0.05) is 35.8 Å². The topological polar surface area (TPSA) is 130 Å². The number of anilines is 1. The van der Waals surface area contributed by atoms with Gasteiger partial charge in [-0.3, -0.25) is 9.71 Å². The molecule has 5 aromatic rings. The summed E-state index contributed by atoms with van der Waals surface area (Å²) in [5.41, 5.74) is 4.05. The Morgan fingerprint density at radius 3 is 2.54 bits per heavy atom. The number of aromatic nitrogens is 3. The lowest BCUT2D eigenvalue weighted by atomic mass is 10.1. The van der Waals surface area contributed by atoms with Crippen LogP contribution in [0.5, 0.6) is 0 Å². The second-order valence-electron chi connectivity index (χ2n) is 8.90. The van der Waals surface area contributed by atoms with Gasteiger partial charge in [-0.15, -0.1) is 0 Å². The van der Waals surface area contributed by atoms with Crippen LogP contribution in [0.2, 0.25) is 0 Å². The van der Waals surface area contributed by atoms with E-state index >= 15 is 0 Å². The van der Waals surface area contributed by atoms with E-state index < -0.39 is 16.1 Å². The average Bonchev–Trinajstić information content (AvgIpc) is 3.65. The van der Waals surface area contributed by atoms with Crippen LogP contribution in [-0.4, -0.2) is 41.7 Å². The molecule has 0 aliphatic carbocycles. The fourth-order valence-electron chi connectivity index (χ4n) is 3.91. The molecule has 2 aromatic carbocycles. The first-order valence-electron chi connectivity index (χ1n) is 12.3. The Balaban J connectivity index is 1.12. The molecule has 0 saturated carbocycles. The molecule has 0 fully saturated rings. The largest absolute Gasteiger partial charge is 0.387 e. The van der Waals surface area contributed by atoms with Gasteiger partial charge in [0.25, 0.3) is 10.0 Å². The van der Waals surface area contributed by atoms with Crippen molar-refractivity contribution in [3.8, 4) is 11.4 Å². The predicted molar refractivity (Wildman–Crippen MR) is 150 cm³/mol. The summed E-state index contributed by atoms with van der Waals surface area (Å²) in [4.78, 5) is 8.56. The minimum Gasteiger partial charge on any atom is -0.387 e. The van der Waals surface area contributed by atoms with E-state index in [0.717, 1.165) is 23.1 Å². The second kappa shape index (κ2) is 12.3. The molecular weight excluding hydrogens is 534 g/mol. The number of benzene rings is 2. The quantitative estimate of drug-likeness (QED) is 0.191. The fourth-order valence-corrected chi connectivity index (χ4v) is 5.64. The van der Waals surface area contributed by atoms with E-state index in [1.165, 1.54) is 12.1 Å². The van der Waals surface area contributed by atoms with Crippen LogP contribution in [-0.2, 0) is 22.9 Å². The van der Waals surface area contributed by atoms with Crippen molar-refractivity contribution in [2.24, 2.45) is 0 Å². The number of thiophene rings is 1. The van der Waals surface area contributed by atoms with Gasteiger partial charge in [0.2, 0.25) is 11.7 Å². The van der Waals surface area contributed by atoms with Gasteiger partial charge in [0.1, 0.15) is 0 Å². The molecule has 1 unspecified atom stereocenters. The number of pyridine rings is 1. The molecule has 9 nitrogen and oxygen atoms in total. The van der Waals surface area contributed by atoms with Crippen LogP contribution in [0.15, 0.2) is 99.3 Å². The van der Waals surface area contributed by atoms with Crippen LogP contribution in [0.4, 0.5) is 5.69 Å². The monoisotopic (exact) mass is 561 g/mol.